The van der Waals surface area contributed by atoms with Crippen molar-refractivity contribution < 1.29 is 0 Å². The van der Waals surface area contributed by atoms with Crippen molar-refractivity contribution in [1.29, 1.82) is 0 Å². The van der Waals surface area contributed by atoms with Crippen LogP contribution in [-0.2, 0) is 0 Å². The van der Waals surface area contributed by atoms with Gasteiger partial charge in [-0.1, -0.05) is 6.42 Å². The van der Waals surface area contributed by atoms with Gasteiger partial charge in [-0.05, 0) is 44.4 Å². The molecule has 3 nitrogen and oxygen atoms in total. The van der Waals surface area contributed by atoms with E-state index in [0.29, 0.717) is 5.41 Å². The fourth-order valence-electron chi connectivity index (χ4n) is 3.67. The fraction of sp³-hybridized carbons (Fsp3) is 0.643. The standard InChI is InChI=1S/C14H21N3/c1-11-7-13(4-6-16-11)17-8-12-3-2-5-14(12,9-15)10-17/h4,6-7,12H,2-3,5,8-10,15H2,1H3/t12-,14-/m0/s1. The van der Waals surface area contributed by atoms with E-state index in [1.807, 2.05) is 6.20 Å². The third kappa shape index (κ3) is 1.73. The monoisotopic (exact) mass is 231 g/mol. The molecular formula is C14H21N3. The summed E-state index contributed by atoms with van der Waals surface area (Å²) < 4.78 is 0. The van der Waals surface area contributed by atoms with Crippen LogP contribution in [0, 0.1) is 18.3 Å². The lowest BCUT2D eigenvalue weighted by atomic mass is 9.81. The highest BCUT2D eigenvalue weighted by Crippen LogP contribution is 2.48. The minimum absolute atomic E-state index is 0.400. The fourth-order valence-corrected chi connectivity index (χ4v) is 3.67. The normalized spacial score (nSPS) is 31.9. The largest absolute Gasteiger partial charge is 0.371 e. The Kier molecular flexibility index (Phi) is 2.58. The smallest absolute Gasteiger partial charge is 0.0400 e. The van der Waals surface area contributed by atoms with Gasteiger partial charge in [0.15, 0.2) is 0 Å². The molecule has 2 aliphatic rings. The van der Waals surface area contributed by atoms with E-state index in [2.05, 4.69) is 28.9 Å². The maximum Gasteiger partial charge on any atom is 0.0400 e. The van der Waals surface area contributed by atoms with Crippen molar-refractivity contribution in [3.8, 4) is 0 Å². The topological polar surface area (TPSA) is 42.1 Å². The van der Waals surface area contributed by atoms with E-state index in [-0.39, 0.29) is 0 Å². The second-order valence-electron chi connectivity index (χ2n) is 5.69. The third-order valence-electron chi connectivity index (χ3n) is 4.69. The Morgan fingerprint density at radius 1 is 1.59 bits per heavy atom. The number of aromatic nitrogens is 1. The van der Waals surface area contributed by atoms with Gasteiger partial charge in [-0.15, -0.1) is 0 Å². The predicted molar refractivity (Wildman–Crippen MR) is 70.0 cm³/mol. The number of nitrogens with two attached hydrogens (primary N) is 1. The molecule has 0 amide bonds. The molecule has 0 radical (unpaired) electrons. The molecule has 2 N–H and O–H groups in total. The number of pyridine rings is 1. The highest BCUT2D eigenvalue weighted by molar-refractivity contribution is 5.48. The van der Waals surface area contributed by atoms with Crippen LogP contribution in [0.4, 0.5) is 5.69 Å². The SMILES string of the molecule is Cc1cc(N2C[C@@H]3CCC[C@]3(CN)C2)ccn1. The molecule has 2 atom stereocenters. The van der Waals surface area contributed by atoms with Crippen LogP contribution in [0.15, 0.2) is 18.3 Å². The third-order valence-corrected chi connectivity index (χ3v) is 4.69. The molecule has 92 valence electrons. The predicted octanol–water partition coefficient (Wildman–Crippen LogP) is 1.96. The minimum Gasteiger partial charge on any atom is -0.371 e. The summed E-state index contributed by atoms with van der Waals surface area (Å²) in [6.07, 6.45) is 5.95. The van der Waals surface area contributed by atoms with Gasteiger partial charge in [0, 0.05) is 36.1 Å². The van der Waals surface area contributed by atoms with Gasteiger partial charge in [-0.2, -0.15) is 0 Å². The van der Waals surface area contributed by atoms with Crippen LogP contribution < -0.4 is 10.6 Å². The number of anilines is 1. The average molecular weight is 231 g/mol. The first-order chi connectivity index (χ1) is 8.23. The first kappa shape index (κ1) is 11.0. The Hall–Kier alpha value is -1.09. The molecule has 3 rings (SSSR count). The van der Waals surface area contributed by atoms with Gasteiger partial charge in [0.05, 0.1) is 0 Å². The van der Waals surface area contributed by atoms with Crippen LogP contribution in [0.5, 0.6) is 0 Å². The molecule has 2 fully saturated rings. The molecule has 1 saturated carbocycles. The quantitative estimate of drug-likeness (QED) is 0.846. The van der Waals surface area contributed by atoms with E-state index >= 15 is 0 Å². The Bertz CT molecular complexity index is 418. The first-order valence-electron chi connectivity index (χ1n) is 6.61. The van der Waals surface area contributed by atoms with Crippen LogP contribution in [0.1, 0.15) is 25.0 Å². The first-order valence-corrected chi connectivity index (χ1v) is 6.61. The molecule has 0 bridgehead atoms. The van der Waals surface area contributed by atoms with Crippen molar-refractivity contribution in [2.75, 3.05) is 24.5 Å². The summed E-state index contributed by atoms with van der Waals surface area (Å²) in [5.74, 6) is 0.806. The molecule has 1 aliphatic heterocycles. The summed E-state index contributed by atoms with van der Waals surface area (Å²) in [4.78, 5) is 6.77. The lowest BCUT2D eigenvalue weighted by Crippen LogP contribution is -2.35. The Morgan fingerprint density at radius 3 is 3.18 bits per heavy atom. The molecule has 1 aromatic heterocycles. The van der Waals surface area contributed by atoms with E-state index in [1.165, 1.54) is 31.5 Å². The summed E-state index contributed by atoms with van der Waals surface area (Å²) in [7, 11) is 0. The Balaban J connectivity index is 1.84. The summed E-state index contributed by atoms with van der Waals surface area (Å²) in [6, 6.07) is 4.31. The number of fused-ring (bicyclic) bond motifs is 1. The minimum atomic E-state index is 0.400. The zero-order chi connectivity index (χ0) is 11.9. The number of nitrogens with zero attached hydrogens (tertiary/aromatic N) is 2. The molecule has 0 spiro atoms. The molecule has 2 heterocycles. The summed E-state index contributed by atoms with van der Waals surface area (Å²) in [5, 5.41) is 0. The van der Waals surface area contributed by atoms with Crippen LogP contribution in [0.2, 0.25) is 0 Å². The van der Waals surface area contributed by atoms with Gasteiger partial charge in [0.1, 0.15) is 0 Å². The number of hydrogen-bond acceptors (Lipinski definition) is 3. The highest BCUT2D eigenvalue weighted by atomic mass is 15.2. The molecule has 3 heteroatoms. The summed E-state index contributed by atoms with van der Waals surface area (Å²) >= 11 is 0. The molecule has 0 unspecified atom stereocenters. The van der Waals surface area contributed by atoms with E-state index in [4.69, 9.17) is 5.73 Å². The van der Waals surface area contributed by atoms with Gasteiger partial charge < -0.3 is 10.6 Å². The van der Waals surface area contributed by atoms with Crippen LogP contribution in [-0.4, -0.2) is 24.6 Å². The molecule has 0 aromatic carbocycles. The second-order valence-corrected chi connectivity index (χ2v) is 5.69. The van der Waals surface area contributed by atoms with Gasteiger partial charge in [0.2, 0.25) is 0 Å². The molecule has 1 aromatic rings. The number of hydrogen-bond donors (Lipinski definition) is 1. The van der Waals surface area contributed by atoms with Gasteiger partial charge in [-0.25, -0.2) is 0 Å². The Morgan fingerprint density at radius 2 is 2.47 bits per heavy atom. The van der Waals surface area contributed by atoms with E-state index < -0.39 is 0 Å². The van der Waals surface area contributed by atoms with E-state index in [0.717, 1.165) is 24.7 Å². The van der Waals surface area contributed by atoms with Crippen LogP contribution >= 0.6 is 0 Å². The van der Waals surface area contributed by atoms with Crippen molar-refractivity contribution in [1.82, 2.24) is 4.98 Å². The lowest BCUT2D eigenvalue weighted by molar-refractivity contribution is 0.282. The van der Waals surface area contributed by atoms with Gasteiger partial charge >= 0.3 is 0 Å². The van der Waals surface area contributed by atoms with E-state index in [9.17, 15) is 0 Å². The van der Waals surface area contributed by atoms with Crippen LogP contribution in [0.3, 0.4) is 0 Å². The van der Waals surface area contributed by atoms with Crippen molar-refractivity contribution in [3.63, 3.8) is 0 Å². The average Bonchev–Trinajstić information content (AvgIpc) is 2.85. The van der Waals surface area contributed by atoms with Crippen molar-refractivity contribution in [3.05, 3.63) is 24.0 Å². The van der Waals surface area contributed by atoms with Crippen LogP contribution in [0.25, 0.3) is 0 Å². The number of aryl methyl sites for hydroxylation is 1. The molecule has 1 saturated heterocycles. The van der Waals surface area contributed by atoms with Gasteiger partial charge in [0.25, 0.3) is 0 Å². The summed E-state index contributed by atoms with van der Waals surface area (Å²) in [6.45, 7) is 5.22. The van der Waals surface area contributed by atoms with Gasteiger partial charge in [-0.3, -0.25) is 4.98 Å². The summed E-state index contributed by atoms with van der Waals surface area (Å²) in [5.41, 5.74) is 8.86. The highest BCUT2D eigenvalue weighted by Gasteiger charge is 2.48. The van der Waals surface area contributed by atoms with Crippen molar-refractivity contribution in [2.45, 2.75) is 26.2 Å². The maximum absolute atomic E-state index is 6.04. The Labute approximate surface area is 103 Å². The second kappa shape index (κ2) is 3.98. The zero-order valence-electron chi connectivity index (χ0n) is 10.5. The maximum atomic E-state index is 6.04. The molecule has 17 heavy (non-hydrogen) atoms. The molecular weight excluding hydrogens is 210 g/mol. The molecule has 1 aliphatic carbocycles. The van der Waals surface area contributed by atoms with Crippen molar-refractivity contribution in [2.24, 2.45) is 17.1 Å². The number of rotatable bonds is 2. The van der Waals surface area contributed by atoms with E-state index in [1.54, 1.807) is 0 Å². The zero-order valence-corrected chi connectivity index (χ0v) is 10.5. The van der Waals surface area contributed by atoms with Crippen molar-refractivity contribution >= 4 is 5.69 Å². The lowest BCUT2D eigenvalue weighted by Gasteiger charge is -2.27.